The lowest BCUT2D eigenvalue weighted by Crippen LogP contribution is -2.32. The molecule has 136 valence electrons. The van der Waals surface area contributed by atoms with E-state index in [4.69, 9.17) is 0 Å². The minimum Gasteiger partial charge on any atom is -0.344 e. The van der Waals surface area contributed by atoms with Gasteiger partial charge in [-0.15, -0.1) is 11.3 Å². The summed E-state index contributed by atoms with van der Waals surface area (Å²) in [6.07, 6.45) is 5.95. The van der Waals surface area contributed by atoms with Crippen LogP contribution in [0.15, 0.2) is 46.9 Å². The monoisotopic (exact) mass is 367 g/mol. The van der Waals surface area contributed by atoms with E-state index >= 15 is 0 Å². The maximum Gasteiger partial charge on any atom is 0.251 e. The van der Waals surface area contributed by atoms with Crippen molar-refractivity contribution in [3.05, 3.63) is 52.2 Å². The van der Waals surface area contributed by atoms with E-state index in [1.807, 2.05) is 29.3 Å². The van der Waals surface area contributed by atoms with E-state index in [0.29, 0.717) is 11.5 Å². The van der Waals surface area contributed by atoms with Crippen molar-refractivity contribution in [2.45, 2.75) is 45.1 Å². The zero-order chi connectivity index (χ0) is 17.9. The van der Waals surface area contributed by atoms with Crippen molar-refractivity contribution in [1.29, 1.82) is 0 Å². The molecule has 0 saturated heterocycles. The Morgan fingerprint density at radius 3 is 2.62 bits per heavy atom. The second kappa shape index (κ2) is 7.62. The summed E-state index contributed by atoms with van der Waals surface area (Å²) in [7, 11) is 0. The quantitative estimate of drug-likeness (QED) is 0.808. The molecule has 4 nitrogen and oxygen atoms in total. The van der Waals surface area contributed by atoms with Gasteiger partial charge in [-0.2, -0.15) is 5.10 Å². The Hall–Kier alpha value is -2.14. The number of nitrogens with zero attached hydrogens (tertiary/aromatic N) is 2. The average Bonchev–Trinajstić information content (AvgIpc) is 3.42. The summed E-state index contributed by atoms with van der Waals surface area (Å²) in [4.78, 5) is 14.1. The lowest BCUT2D eigenvalue weighted by molar-refractivity contribution is 0.0923. The van der Waals surface area contributed by atoms with E-state index in [1.165, 1.54) is 30.6 Å². The van der Waals surface area contributed by atoms with Crippen molar-refractivity contribution in [3.8, 4) is 0 Å². The normalized spacial score (nSPS) is 18.8. The van der Waals surface area contributed by atoms with E-state index < -0.39 is 0 Å². The number of rotatable bonds is 5. The zero-order valence-electron chi connectivity index (χ0n) is 15.1. The average molecular weight is 368 g/mol. The SMILES string of the molecule is CC1=NN(c2ccc(C(=O)NC(c3cccs3)C3CCCC3)cc2)CC1. The molecule has 1 saturated carbocycles. The van der Waals surface area contributed by atoms with Gasteiger partial charge in [-0.3, -0.25) is 9.80 Å². The molecule has 1 amide bonds. The number of benzene rings is 1. The molecule has 5 heteroatoms. The number of hydrogen-bond donors (Lipinski definition) is 1. The van der Waals surface area contributed by atoms with Crippen LogP contribution < -0.4 is 10.3 Å². The van der Waals surface area contributed by atoms with Gasteiger partial charge in [0.15, 0.2) is 0 Å². The van der Waals surface area contributed by atoms with Gasteiger partial charge < -0.3 is 5.32 Å². The second-order valence-electron chi connectivity index (χ2n) is 7.27. The van der Waals surface area contributed by atoms with Gasteiger partial charge in [-0.25, -0.2) is 0 Å². The highest BCUT2D eigenvalue weighted by atomic mass is 32.1. The van der Waals surface area contributed by atoms with Crippen molar-refractivity contribution in [3.63, 3.8) is 0 Å². The first-order chi connectivity index (χ1) is 12.7. The van der Waals surface area contributed by atoms with Crippen LogP contribution in [0.3, 0.4) is 0 Å². The summed E-state index contributed by atoms with van der Waals surface area (Å²) >= 11 is 1.74. The third kappa shape index (κ3) is 3.68. The molecule has 1 aliphatic heterocycles. The van der Waals surface area contributed by atoms with Gasteiger partial charge in [-0.05, 0) is 61.4 Å². The summed E-state index contributed by atoms with van der Waals surface area (Å²) < 4.78 is 0. The third-order valence-electron chi connectivity index (χ3n) is 5.41. The number of carbonyl (C=O) groups is 1. The number of hydrogen-bond acceptors (Lipinski definition) is 4. The van der Waals surface area contributed by atoms with Gasteiger partial charge in [0.2, 0.25) is 0 Å². The van der Waals surface area contributed by atoms with E-state index in [9.17, 15) is 4.79 Å². The molecule has 0 spiro atoms. The maximum atomic E-state index is 12.8. The van der Waals surface area contributed by atoms with Crippen molar-refractivity contribution < 1.29 is 4.79 Å². The zero-order valence-corrected chi connectivity index (χ0v) is 16.0. The number of thiophene rings is 1. The minimum absolute atomic E-state index is 0.0166. The number of anilines is 1. The van der Waals surface area contributed by atoms with Crippen LogP contribution in [0.4, 0.5) is 5.69 Å². The first kappa shape index (κ1) is 17.3. The lowest BCUT2D eigenvalue weighted by Gasteiger charge is -2.24. The predicted octanol–water partition coefficient (Wildman–Crippen LogP) is 5.00. The van der Waals surface area contributed by atoms with Gasteiger partial charge in [0, 0.05) is 29.1 Å². The fourth-order valence-electron chi connectivity index (χ4n) is 3.95. The Morgan fingerprint density at radius 1 is 1.23 bits per heavy atom. The molecule has 1 N–H and O–H groups in total. The van der Waals surface area contributed by atoms with Gasteiger partial charge >= 0.3 is 0 Å². The van der Waals surface area contributed by atoms with Crippen LogP contribution in [0, 0.1) is 5.92 Å². The van der Waals surface area contributed by atoms with Crippen molar-refractivity contribution in [2.75, 3.05) is 11.6 Å². The molecular weight excluding hydrogens is 342 g/mol. The smallest absolute Gasteiger partial charge is 0.251 e. The number of amides is 1. The largest absolute Gasteiger partial charge is 0.344 e. The first-order valence-electron chi connectivity index (χ1n) is 9.46. The molecule has 2 heterocycles. The summed E-state index contributed by atoms with van der Waals surface area (Å²) in [6.45, 7) is 2.97. The Morgan fingerprint density at radius 2 is 2.00 bits per heavy atom. The molecule has 1 fully saturated rings. The van der Waals surface area contributed by atoms with E-state index in [1.54, 1.807) is 11.3 Å². The first-order valence-corrected chi connectivity index (χ1v) is 10.3. The Balaban J connectivity index is 1.47. The predicted molar refractivity (Wildman–Crippen MR) is 108 cm³/mol. The van der Waals surface area contributed by atoms with Crippen molar-refractivity contribution >= 4 is 28.6 Å². The van der Waals surface area contributed by atoms with Crippen LogP contribution >= 0.6 is 11.3 Å². The van der Waals surface area contributed by atoms with Crippen LogP contribution in [0.5, 0.6) is 0 Å². The van der Waals surface area contributed by atoms with Gasteiger partial charge in [-0.1, -0.05) is 18.9 Å². The summed E-state index contributed by atoms with van der Waals surface area (Å²) in [5, 5.41) is 11.9. The molecule has 4 rings (SSSR count). The van der Waals surface area contributed by atoms with Crippen molar-refractivity contribution in [1.82, 2.24) is 5.32 Å². The Labute approximate surface area is 158 Å². The maximum absolute atomic E-state index is 12.8. The van der Waals surface area contributed by atoms with E-state index in [2.05, 4.69) is 34.9 Å². The summed E-state index contributed by atoms with van der Waals surface area (Å²) in [6, 6.07) is 12.2. The summed E-state index contributed by atoms with van der Waals surface area (Å²) in [5.74, 6) is 0.571. The molecule has 0 bridgehead atoms. The van der Waals surface area contributed by atoms with Gasteiger partial charge in [0.05, 0.1) is 11.7 Å². The molecular formula is C21H25N3OS. The summed E-state index contributed by atoms with van der Waals surface area (Å²) in [5.41, 5.74) is 2.92. The number of nitrogens with one attached hydrogen (secondary N) is 1. The molecule has 26 heavy (non-hydrogen) atoms. The molecule has 0 radical (unpaired) electrons. The molecule has 1 aromatic heterocycles. The van der Waals surface area contributed by atoms with E-state index in [-0.39, 0.29) is 11.9 Å². The van der Waals surface area contributed by atoms with E-state index in [0.717, 1.165) is 24.4 Å². The fraction of sp³-hybridized carbons (Fsp3) is 0.429. The standard InChI is InChI=1S/C21H25N3OS/c1-15-12-13-24(23-15)18-10-8-17(9-11-18)21(25)22-20(16-5-2-3-6-16)19-7-4-14-26-19/h4,7-11,14,16,20H,2-3,5-6,12-13H2,1H3,(H,22,25). The number of hydrazone groups is 1. The van der Waals surface area contributed by atoms with Crippen LogP contribution in [0.1, 0.15) is 60.3 Å². The van der Waals surface area contributed by atoms with Gasteiger partial charge in [0.25, 0.3) is 5.91 Å². The third-order valence-corrected chi connectivity index (χ3v) is 6.37. The Kier molecular flexibility index (Phi) is 5.07. The highest BCUT2D eigenvalue weighted by molar-refractivity contribution is 7.10. The fourth-order valence-corrected chi connectivity index (χ4v) is 4.82. The van der Waals surface area contributed by atoms with Crippen LogP contribution in [-0.2, 0) is 0 Å². The molecule has 2 aliphatic rings. The van der Waals surface area contributed by atoms with Gasteiger partial charge in [0.1, 0.15) is 0 Å². The highest BCUT2D eigenvalue weighted by Crippen LogP contribution is 2.37. The Bertz CT molecular complexity index is 776. The minimum atomic E-state index is 0.0166. The van der Waals surface area contributed by atoms with Crippen molar-refractivity contribution in [2.24, 2.45) is 11.0 Å². The molecule has 1 unspecified atom stereocenters. The second-order valence-corrected chi connectivity index (χ2v) is 8.25. The lowest BCUT2D eigenvalue weighted by atomic mass is 9.96. The molecule has 1 aliphatic carbocycles. The van der Waals surface area contributed by atoms with Crippen LogP contribution in [0.2, 0.25) is 0 Å². The topological polar surface area (TPSA) is 44.7 Å². The molecule has 2 aromatic rings. The molecule has 1 aromatic carbocycles. The van der Waals surface area contributed by atoms with Crippen LogP contribution in [0.25, 0.3) is 0 Å². The number of carbonyl (C=O) groups excluding carboxylic acids is 1. The molecule has 1 atom stereocenters. The highest BCUT2D eigenvalue weighted by Gasteiger charge is 2.28. The van der Waals surface area contributed by atoms with Crippen LogP contribution in [-0.4, -0.2) is 18.2 Å².